The van der Waals surface area contributed by atoms with Crippen LogP contribution in [-0.2, 0) is 6.18 Å². The van der Waals surface area contributed by atoms with E-state index < -0.39 is 11.7 Å². The zero-order valence-electron chi connectivity index (χ0n) is 14.4. The number of rotatable bonds is 5. The number of piperidine rings is 1. The van der Waals surface area contributed by atoms with Gasteiger partial charge in [-0.3, -0.25) is 0 Å². The van der Waals surface area contributed by atoms with E-state index in [1.165, 1.54) is 0 Å². The Bertz CT molecular complexity index is 620. The summed E-state index contributed by atoms with van der Waals surface area (Å²) in [5.41, 5.74) is -0.922. The fourth-order valence-corrected chi connectivity index (χ4v) is 2.70. The third-order valence-electron chi connectivity index (χ3n) is 3.83. The van der Waals surface area contributed by atoms with Crippen molar-refractivity contribution < 1.29 is 23.0 Å². The van der Waals surface area contributed by atoms with Gasteiger partial charge in [0.2, 0.25) is 5.88 Å². The second-order valence-corrected chi connectivity index (χ2v) is 6.22. The summed E-state index contributed by atoms with van der Waals surface area (Å²) in [7, 11) is 0. The number of aliphatic hydroxyl groups is 1. The number of pyridine rings is 1. The lowest BCUT2D eigenvalue weighted by atomic mass is 10.1. The maximum atomic E-state index is 12.6. The summed E-state index contributed by atoms with van der Waals surface area (Å²) in [6.45, 7) is 4.49. The largest absolute Gasteiger partial charge is 0.475 e. The maximum absolute atomic E-state index is 12.6. The molecule has 6 nitrogen and oxygen atoms in total. The third-order valence-corrected chi connectivity index (χ3v) is 4.10. The van der Waals surface area contributed by atoms with Crippen LogP contribution in [0.4, 0.5) is 13.2 Å². The van der Waals surface area contributed by atoms with E-state index in [0.29, 0.717) is 45.2 Å². The number of aliphatic imine (C=N–C) groups is 1. The lowest BCUT2D eigenvalue weighted by molar-refractivity contribution is -0.137. The molecular formula is C16H22ClF3N4O2. The number of aliphatic hydroxyl groups excluding tert-OH is 1. The summed E-state index contributed by atoms with van der Waals surface area (Å²) in [5.74, 6) is 0.662. The number of halogens is 4. The number of hydrogen-bond donors (Lipinski definition) is 2. The van der Waals surface area contributed by atoms with E-state index in [0.717, 1.165) is 12.0 Å². The summed E-state index contributed by atoms with van der Waals surface area (Å²) in [5, 5.41) is 12.6. The van der Waals surface area contributed by atoms with E-state index >= 15 is 0 Å². The zero-order valence-corrected chi connectivity index (χ0v) is 15.1. The van der Waals surface area contributed by atoms with Gasteiger partial charge in [0.15, 0.2) is 5.96 Å². The van der Waals surface area contributed by atoms with Crippen LogP contribution >= 0.6 is 11.6 Å². The van der Waals surface area contributed by atoms with Crippen molar-refractivity contribution in [2.45, 2.75) is 32.0 Å². The van der Waals surface area contributed by atoms with Crippen molar-refractivity contribution in [2.75, 3.05) is 32.8 Å². The Kier molecular flexibility index (Phi) is 7.33. The van der Waals surface area contributed by atoms with Crippen molar-refractivity contribution in [3.8, 4) is 5.88 Å². The van der Waals surface area contributed by atoms with Gasteiger partial charge in [-0.25, -0.2) is 9.98 Å². The highest BCUT2D eigenvalue weighted by atomic mass is 35.5. The molecule has 0 aliphatic carbocycles. The van der Waals surface area contributed by atoms with Crippen molar-refractivity contribution in [2.24, 2.45) is 4.99 Å². The number of hydrogen-bond acceptors (Lipinski definition) is 4. The summed E-state index contributed by atoms with van der Waals surface area (Å²) < 4.78 is 43.1. The lowest BCUT2D eigenvalue weighted by Crippen LogP contribution is -2.46. The molecule has 10 heteroatoms. The number of aromatic nitrogens is 1. The van der Waals surface area contributed by atoms with Gasteiger partial charge in [0.1, 0.15) is 11.6 Å². The summed E-state index contributed by atoms with van der Waals surface area (Å²) in [6.07, 6.45) is -2.71. The molecule has 0 bridgehead atoms. The predicted octanol–water partition coefficient (Wildman–Crippen LogP) is 2.55. The Morgan fingerprint density at radius 1 is 1.46 bits per heavy atom. The van der Waals surface area contributed by atoms with Gasteiger partial charge in [-0.1, -0.05) is 11.6 Å². The second kappa shape index (κ2) is 9.27. The molecule has 0 saturated carbocycles. The number of nitrogens with zero attached hydrogens (tertiary/aromatic N) is 3. The molecule has 1 fully saturated rings. The van der Waals surface area contributed by atoms with Crippen molar-refractivity contribution in [3.05, 3.63) is 22.8 Å². The number of likely N-dealkylation sites (tertiary alicyclic amines) is 1. The van der Waals surface area contributed by atoms with E-state index in [1.807, 2.05) is 6.92 Å². The molecule has 26 heavy (non-hydrogen) atoms. The molecule has 2 heterocycles. The van der Waals surface area contributed by atoms with Crippen molar-refractivity contribution in [3.63, 3.8) is 0 Å². The monoisotopic (exact) mass is 394 g/mol. The SMILES string of the molecule is CCNC(=NCCOc1ncc(C(F)(F)F)cc1Cl)N1CCC(O)CC1. The molecule has 0 aromatic carbocycles. The highest BCUT2D eigenvalue weighted by Crippen LogP contribution is 2.33. The molecule has 0 unspecified atom stereocenters. The van der Waals surface area contributed by atoms with E-state index in [1.54, 1.807) is 0 Å². The molecule has 0 atom stereocenters. The fraction of sp³-hybridized carbons (Fsp3) is 0.625. The minimum atomic E-state index is -4.50. The van der Waals surface area contributed by atoms with E-state index in [9.17, 15) is 18.3 Å². The van der Waals surface area contributed by atoms with E-state index in [2.05, 4.69) is 20.2 Å². The van der Waals surface area contributed by atoms with Gasteiger partial charge in [0, 0.05) is 25.8 Å². The number of ether oxygens (including phenoxy) is 1. The Morgan fingerprint density at radius 3 is 2.73 bits per heavy atom. The van der Waals surface area contributed by atoms with Crippen LogP contribution in [0, 0.1) is 0 Å². The van der Waals surface area contributed by atoms with Gasteiger partial charge >= 0.3 is 6.18 Å². The smallest absolute Gasteiger partial charge is 0.417 e. The Hall–Kier alpha value is -1.74. The Labute approximate surface area is 155 Å². The van der Waals surface area contributed by atoms with Crippen LogP contribution in [0.3, 0.4) is 0 Å². The van der Waals surface area contributed by atoms with Gasteiger partial charge < -0.3 is 20.1 Å². The first-order valence-corrected chi connectivity index (χ1v) is 8.76. The van der Waals surface area contributed by atoms with E-state index in [4.69, 9.17) is 16.3 Å². The standard InChI is InChI=1S/C16H22ClF3N4O2/c1-2-21-15(24-6-3-12(25)4-7-24)22-5-8-26-14-13(17)9-11(10-23-14)16(18,19)20/h9-10,12,25H,2-8H2,1H3,(H,21,22). The Morgan fingerprint density at radius 2 is 2.15 bits per heavy atom. The molecular weight excluding hydrogens is 373 g/mol. The molecule has 1 aromatic heterocycles. The first-order valence-electron chi connectivity index (χ1n) is 8.38. The molecule has 0 radical (unpaired) electrons. The normalized spacial score (nSPS) is 16.7. The summed E-state index contributed by atoms with van der Waals surface area (Å²) >= 11 is 5.79. The van der Waals surface area contributed by atoms with Gasteiger partial charge in [0.05, 0.1) is 18.2 Å². The summed E-state index contributed by atoms with van der Waals surface area (Å²) in [6, 6.07) is 0.788. The first-order chi connectivity index (χ1) is 12.3. The fourth-order valence-electron chi connectivity index (χ4n) is 2.48. The quantitative estimate of drug-likeness (QED) is 0.456. The molecule has 146 valence electrons. The van der Waals surface area contributed by atoms with Crippen molar-refractivity contribution in [1.82, 2.24) is 15.2 Å². The van der Waals surface area contributed by atoms with Crippen LogP contribution in [-0.4, -0.2) is 59.8 Å². The van der Waals surface area contributed by atoms with Gasteiger partial charge in [0.25, 0.3) is 0 Å². The average Bonchev–Trinajstić information content (AvgIpc) is 2.58. The first kappa shape index (κ1) is 20.6. The highest BCUT2D eigenvalue weighted by molar-refractivity contribution is 6.31. The minimum Gasteiger partial charge on any atom is -0.475 e. The van der Waals surface area contributed by atoms with Gasteiger partial charge in [-0.05, 0) is 25.8 Å². The summed E-state index contributed by atoms with van der Waals surface area (Å²) in [4.78, 5) is 10.1. The number of guanidine groups is 1. The van der Waals surface area contributed by atoms with E-state index in [-0.39, 0.29) is 23.6 Å². The molecule has 1 aliphatic heterocycles. The third kappa shape index (κ3) is 5.91. The average molecular weight is 395 g/mol. The highest BCUT2D eigenvalue weighted by Gasteiger charge is 2.31. The van der Waals surface area contributed by atoms with Crippen molar-refractivity contribution >= 4 is 17.6 Å². The molecule has 2 N–H and O–H groups in total. The molecule has 2 rings (SSSR count). The maximum Gasteiger partial charge on any atom is 0.417 e. The number of nitrogens with one attached hydrogen (secondary N) is 1. The predicted molar refractivity (Wildman–Crippen MR) is 92.5 cm³/mol. The molecule has 1 aromatic rings. The Balaban J connectivity index is 1.90. The van der Waals surface area contributed by atoms with Crippen LogP contribution < -0.4 is 10.1 Å². The molecule has 1 saturated heterocycles. The topological polar surface area (TPSA) is 70.0 Å². The lowest BCUT2D eigenvalue weighted by Gasteiger charge is -2.32. The molecule has 0 amide bonds. The second-order valence-electron chi connectivity index (χ2n) is 5.81. The van der Waals surface area contributed by atoms with Crippen LogP contribution in [0.15, 0.2) is 17.3 Å². The molecule has 1 aliphatic rings. The van der Waals surface area contributed by atoms with Crippen LogP contribution in [0.5, 0.6) is 5.88 Å². The van der Waals surface area contributed by atoms with Gasteiger partial charge in [-0.15, -0.1) is 0 Å². The molecule has 0 spiro atoms. The van der Waals surface area contributed by atoms with Crippen LogP contribution in [0.25, 0.3) is 0 Å². The zero-order chi connectivity index (χ0) is 19.2. The van der Waals surface area contributed by atoms with Crippen molar-refractivity contribution in [1.29, 1.82) is 0 Å². The van der Waals surface area contributed by atoms with Crippen LogP contribution in [0.1, 0.15) is 25.3 Å². The minimum absolute atomic E-state index is 0.0547. The van der Waals surface area contributed by atoms with Crippen LogP contribution in [0.2, 0.25) is 5.02 Å². The van der Waals surface area contributed by atoms with Gasteiger partial charge in [-0.2, -0.15) is 13.2 Å². The number of alkyl halides is 3.